The van der Waals surface area contributed by atoms with E-state index < -0.39 is 25.9 Å². The van der Waals surface area contributed by atoms with Crippen molar-refractivity contribution in [2.24, 2.45) is 0 Å². The Labute approximate surface area is 106 Å². The highest BCUT2D eigenvalue weighted by molar-refractivity contribution is 7.93. The first kappa shape index (κ1) is 12.1. The summed E-state index contributed by atoms with van der Waals surface area (Å²) in [4.78, 5) is 0. The quantitative estimate of drug-likeness (QED) is 0.846. The highest BCUT2D eigenvalue weighted by Crippen LogP contribution is 2.47. The molecule has 2 aliphatic rings. The molecule has 0 saturated carbocycles. The van der Waals surface area contributed by atoms with E-state index in [-0.39, 0.29) is 18.7 Å². The van der Waals surface area contributed by atoms with Gasteiger partial charge in [-0.1, -0.05) is 12.1 Å². The maximum Gasteiger partial charge on any atom is 0.156 e. The smallest absolute Gasteiger partial charge is 0.156 e. The molecule has 2 unspecified atom stereocenters. The average Bonchev–Trinajstić information content (AvgIpc) is 2.51. The molecule has 18 heavy (non-hydrogen) atoms. The number of aliphatic hydroxyl groups is 1. The van der Waals surface area contributed by atoms with E-state index in [4.69, 9.17) is 0 Å². The lowest BCUT2D eigenvalue weighted by molar-refractivity contribution is 0.0173. The van der Waals surface area contributed by atoms with Crippen LogP contribution in [0.15, 0.2) is 24.3 Å². The molecule has 2 heterocycles. The molecule has 2 saturated heterocycles. The van der Waals surface area contributed by atoms with Gasteiger partial charge in [0, 0.05) is 0 Å². The Hall–Kier alpha value is -0.940. The summed E-state index contributed by atoms with van der Waals surface area (Å²) in [6.07, 6.45) is 1.74. The molecule has 1 aromatic carbocycles. The van der Waals surface area contributed by atoms with Crippen molar-refractivity contribution < 1.29 is 17.9 Å². The minimum Gasteiger partial charge on any atom is -0.385 e. The number of sulfone groups is 1. The number of hydrogen-bond donors (Lipinski definition) is 1. The molecule has 2 atom stereocenters. The zero-order valence-electron chi connectivity index (χ0n) is 9.84. The zero-order valence-corrected chi connectivity index (χ0v) is 10.7. The Morgan fingerprint density at radius 2 is 1.61 bits per heavy atom. The highest BCUT2D eigenvalue weighted by Gasteiger charge is 2.53. The lowest BCUT2D eigenvalue weighted by Gasteiger charge is -2.36. The zero-order chi connectivity index (χ0) is 13.0. The minimum atomic E-state index is -3.05. The highest BCUT2D eigenvalue weighted by atomic mass is 32.2. The van der Waals surface area contributed by atoms with Gasteiger partial charge in [-0.2, -0.15) is 0 Å². The number of fused-ring (bicyclic) bond motifs is 2. The van der Waals surface area contributed by atoms with Crippen LogP contribution in [-0.2, 0) is 15.4 Å². The summed E-state index contributed by atoms with van der Waals surface area (Å²) < 4.78 is 36.8. The SMILES string of the molecule is O=S1(=O)C2CCC1CC(O)(c1ccc(F)cc1)C2. The van der Waals surface area contributed by atoms with Crippen molar-refractivity contribution in [1.82, 2.24) is 0 Å². The third kappa shape index (κ3) is 1.68. The van der Waals surface area contributed by atoms with Gasteiger partial charge in [0.15, 0.2) is 9.84 Å². The largest absolute Gasteiger partial charge is 0.385 e. The van der Waals surface area contributed by atoms with Gasteiger partial charge in [-0.3, -0.25) is 0 Å². The molecule has 2 fully saturated rings. The fourth-order valence-corrected chi connectivity index (χ4v) is 5.73. The topological polar surface area (TPSA) is 54.4 Å². The monoisotopic (exact) mass is 270 g/mol. The molecular formula is C13H15FO3S. The van der Waals surface area contributed by atoms with E-state index in [0.29, 0.717) is 18.4 Å². The van der Waals surface area contributed by atoms with Crippen molar-refractivity contribution in [3.05, 3.63) is 35.6 Å². The fourth-order valence-electron chi connectivity index (χ4n) is 3.24. The molecule has 0 amide bonds. The lowest BCUT2D eigenvalue weighted by atomic mass is 9.86. The predicted molar refractivity (Wildman–Crippen MR) is 65.3 cm³/mol. The third-order valence-corrected chi connectivity index (χ3v) is 6.92. The molecule has 3 nitrogen and oxygen atoms in total. The summed E-state index contributed by atoms with van der Waals surface area (Å²) in [6.45, 7) is 0. The Morgan fingerprint density at radius 3 is 2.11 bits per heavy atom. The van der Waals surface area contributed by atoms with E-state index in [1.165, 1.54) is 12.1 Å². The van der Waals surface area contributed by atoms with Crippen molar-refractivity contribution in [3.63, 3.8) is 0 Å². The molecule has 1 N–H and O–H groups in total. The summed E-state index contributed by atoms with van der Waals surface area (Å²) in [5.74, 6) is -0.353. The molecule has 0 spiro atoms. The Kier molecular flexibility index (Phi) is 2.54. The van der Waals surface area contributed by atoms with Crippen LogP contribution in [0.1, 0.15) is 31.2 Å². The van der Waals surface area contributed by atoms with Crippen molar-refractivity contribution in [2.75, 3.05) is 0 Å². The van der Waals surface area contributed by atoms with Crippen LogP contribution in [0.25, 0.3) is 0 Å². The normalized spacial score (nSPS) is 37.7. The van der Waals surface area contributed by atoms with Crippen LogP contribution >= 0.6 is 0 Å². The summed E-state index contributed by atoms with van der Waals surface area (Å²) in [6, 6.07) is 5.70. The van der Waals surface area contributed by atoms with Crippen LogP contribution in [0.5, 0.6) is 0 Å². The van der Waals surface area contributed by atoms with Gasteiger partial charge >= 0.3 is 0 Å². The van der Waals surface area contributed by atoms with Crippen LogP contribution in [0.4, 0.5) is 4.39 Å². The van der Waals surface area contributed by atoms with Crippen LogP contribution in [-0.4, -0.2) is 24.0 Å². The molecule has 3 rings (SSSR count). The first-order valence-electron chi connectivity index (χ1n) is 6.13. The van der Waals surface area contributed by atoms with Crippen LogP contribution < -0.4 is 0 Å². The Balaban J connectivity index is 1.97. The van der Waals surface area contributed by atoms with E-state index in [1.807, 2.05) is 0 Å². The summed E-state index contributed by atoms with van der Waals surface area (Å²) in [5, 5.41) is 9.78. The average molecular weight is 270 g/mol. The van der Waals surface area contributed by atoms with Crippen LogP contribution in [0.2, 0.25) is 0 Å². The number of benzene rings is 1. The molecule has 98 valence electrons. The lowest BCUT2D eigenvalue weighted by Crippen LogP contribution is -2.43. The van der Waals surface area contributed by atoms with Gasteiger partial charge in [0.25, 0.3) is 0 Å². The first-order valence-corrected chi connectivity index (χ1v) is 7.74. The summed E-state index contributed by atoms with van der Waals surface area (Å²) in [5.41, 5.74) is -0.499. The van der Waals surface area contributed by atoms with E-state index in [2.05, 4.69) is 0 Å². The van der Waals surface area contributed by atoms with E-state index in [9.17, 15) is 17.9 Å². The van der Waals surface area contributed by atoms with Gasteiger partial charge in [0.2, 0.25) is 0 Å². The molecule has 0 aromatic heterocycles. The van der Waals surface area contributed by atoms with Crippen molar-refractivity contribution in [2.45, 2.75) is 41.8 Å². The van der Waals surface area contributed by atoms with Crippen molar-refractivity contribution >= 4 is 9.84 Å². The van der Waals surface area contributed by atoms with Crippen LogP contribution in [0, 0.1) is 5.82 Å². The predicted octanol–water partition coefficient (Wildman–Crippen LogP) is 1.75. The van der Waals surface area contributed by atoms with Gasteiger partial charge in [0.05, 0.1) is 16.1 Å². The molecule has 2 bridgehead atoms. The van der Waals surface area contributed by atoms with Gasteiger partial charge in [-0.25, -0.2) is 12.8 Å². The maximum atomic E-state index is 12.9. The summed E-state index contributed by atoms with van der Waals surface area (Å²) in [7, 11) is -3.05. The van der Waals surface area contributed by atoms with E-state index in [0.717, 1.165) is 0 Å². The number of hydrogen-bond acceptors (Lipinski definition) is 3. The number of rotatable bonds is 1. The molecule has 5 heteroatoms. The maximum absolute atomic E-state index is 12.9. The fraction of sp³-hybridized carbons (Fsp3) is 0.538. The first-order chi connectivity index (χ1) is 8.42. The molecule has 1 aromatic rings. The van der Waals surface area contributed by atoms with E-state index >= 15 is 0 Å². The molecular weight excluding hydrogens is 255 g/mol. The Bertz CT molecular complexity index is 544. The summed E-state index contributed by atoms with van der Waals surface area (Å²) >= 11 is 0. The van der Waals surface area contributed by atoms with Gasteiger partial charge in [-0.05, 0) is 43.4 Å². The van der Waals surface area contributed by atoms with Crippen LogP contribution in [0.3, 0.4) is 0 Å². The Morgan fingerprint density at radius 1 is 1.11 bits per heavy atom. The second kappa shape index (κ2) is 3.78. The number of halogens is 1. The molecule has 2 aliphatic heterocycles. The third-order valence-electron chi connectivity index (χ3n) is 4.25. The van der Waals surface area contributed by atoms with Crippen molar-refractivity contribution in [3.8, 4) is 0 Å². The van der Waals surface area contributed by atoms with E-state index in [1.54, 1.807) is 12.1 Å². The minimum absolute atomic E-state index is 0.234. The van der Waals surface area contributed by atoms with Gasteiger partial charge < -0.3 is 5.11 Å². The van der Waals surface area contributed by atoms with Crippen molar-refractivity contribution in [1.29, 1.82) is 0 Å². The van der Waals surface area contributed by atoms with Gasteiger partial charge in [0.1, 0.15) is 5.82 Å². The molecule has 0 aliphatic carbocycles. The molecule has 0 radical (unpaired) electrons. The standard InChI is InChI=1S/C13H15FO3S/c14-10-3-1-9(2-4-10)13(15)7-11-5-6-12(8-13)18(11,16)17/h1-4,11-12,15H,5-8H2. The second-order valence-electron chi connectivity index (χ2n) is 5.36. The van der Waals surface area contributed by atoms with Gasteiger partial charge in [-0.15, -0.1) is 0 Å². The second-order valence-corrected chi connectivity index (χ2v) is 7.87.